The number of ether oxygens (including phenoxy) is 1. The van der Waals surface area contributed by atoms with E-state index in [0.717, 1.165) is 50.0 Å². The zero-order valence-corrected chi connectivity index (χ0v) is 10.5. The lowest BCUT2D eigenvalue weighted by atomic mass is 10.0. The number of unbranched alkanes of at least 4 members (excludes halogenated alkanes) is 1. The van der Waals surface area contributed by atoms with Crippen molar-refractivity contribution in [3.8, 4) is 5.75 Å². The van der Waals surface area contributed by atoms with E-state index in [1.54, 1.807) is 0 Å². The molecule has 1 aromatic rings. The van der Waals surface area contributed by atoms with Crippen LogP contribution in [0.3, 0.4) is 0 Å². The number of hydrogen-bond acceptors (Lipinski definition) is 2. The van der Waals surface area contributed by atoms with E-state index in [0.29, 0.717) is 6.42 Å². The molecule has 1 aliphatic carbocycles. The Labute approximate surface area is 103 Å². The van der Waals surface area contributed by atoms with Crippen molar-refractivity contribution in [1.82, 2.24) is 0 Å². The maximum absolute atomic E-state index is 11.9. The molecule has 0 saturated carbocycles. The van der Waals surface area contributed by atoms with Crippen molar-refractivity contribution < 1.29 is 9.53 Å². The van der Waals surface area contributed by atoms with E-state index < -0.39 is 0 Å². The van der Waals surface area contributed by atoms with Gasteiger partial charge in [0.2, 0.25) is 0 Å². The van der Waals surface area contributed by atoms with Gasteiger partial charge in [-0.2, -0.15) is 0 Å². The summed E-state index contributed by atoms with van der Waals surface area (Å²) in [5, 5.41) is 0. The highest BCUT2D eigenvalue weighted by Gasteiger charge is 2.15. The topological polar surface area (TPSA) is 26.3 Å². The summed E-state index contributed by atoms with van der Waals surface area (Å²) in [7, 11) is 0. The van der Waals surface area contributed by atoms with Gasteiger partial charge in [0.25, 0.3) is 0 Å². The number of hydrogen-bond donors (Lipinski definition) is 0. The van der Waals surface area contributed by atoms with Gasteiger partial charge in [-0.3, -0.25) is 4.79 Å². The molecule has 0 spiro atoms. The highest BCUT2D eigenvalue weighted by atomic mass is 16.5. The molecule has 0 radical (unpaired) electrons. The van der Waals surface area contributed by atoms with Crippen molar-refractivity contribution in [2.45, 2.75) is 45.4 Å². The van der Waals surface area contributed by atoms with Crippen LogP contribution in [-0.2, 0) is 6.42 Å². The third-order valence-electron chi connectivity index (χ3n) is 3.25. The van der Waals surface area contributed by atoms with Crippen LogP contribution >= 0.6 is 0 Å². The molecule has 0 atom stereocenters. The van der Waals surface area contributed by atoms with E-state index in [2.05, 4.69) is 13.0 Å². The average Bonchev–Trinajstić information content (AvgIpc) is 2.52. The monoisotopic (exact) mass is 232 g/mol. The Hall–Kier alpha value is -1.31. The van der Waals surface area contributed by atoms with Gasteiger partial charge in [0.05, 0.1) is 6.61 Å². The van der Waals surface area contributed by atoms with Gasteiger partial charge >= 0.3 is 0 Å². The van der Waals surface area contributed by atoms with Crippen molar-refractivity contribution >= 4 is 5.78 Å². The van der Waals surface area contributed by atoms with E-state index in [-0.39, 0.29) is 5.78 Å². The predicted octanol–water partition coefficient (Wildman–Crippen LogP) is 3.77. The molecule has 2 nitrogen and oxygen atoms in total. The molecule has 2 rings (SSSR count). The Morgan fingerprint density at radius 1 is 1.24 bits per heavy atom. The van der Waals surface area contributed by atoms with Gasteiger partial charge in [0.15, 0.2) is 5.78 Å². The van der Waals surface area contributed by atoms with E-state index >= 15 is 0 Å². The second-order valence-corrected chi connectivity index (χ2v) is 4.65. The molecule has 17 heavy (non-hydrogen) atoms. The first-order chi connectivity index (χ1) is 8.31. The second-order valence-electron chi connectivity index (χ2n) is 4.65. The van der Waals surface area contributed by atoms with Gasteiger partial charge < -0.3 is 4.74 Å². The number of fused-ring (bicyclic) bond motifs is 1. The molecule has 0 bridgehead atoms. The molecule has 0 unspecified atom stereocenters. The fourth-order valence-electron chi connectivity index (χ4n) is 2.19. The van der Waals surface area contributed by atoms with Crippen molar-refractivity contribution in [1.29, 1.82) is 0 Å². The fraction of sp³-hybridized carbons (Fsp3) is 0.533. The minimum absolute atomic E-state index is 0.276. The molecule has 0 aliphatic heterocycles. The van der Waals surface area contributed by atoms with Crippen LogP contribution in [0, 0.1) is 0 Å². The number of Topliss-reactive ketones (excluding diaryl/α,β-unsaturated/α-hetero) is 1. The minimum atomic E-state index is 0.276. The minimum Gasteiger partial charge on any atom is -0.494 e. The molecular formula is C15H20O2. The summed E-state index contributed by atoms with van der Waals surface area (Å²) in [6.07, 6.45) is 6.03. The molecule has 0 heterocycles. The van der Waals surface area contributed by atoms with E-state index in [4.69, 9.17) is 4.74 Å². The summed E-state index contributed by atoms with van der Waals surface area (Å²) in [5.74, 6) is 1.12. The molecule has 0 amide bonds. The third-order valence-corrected chi connectivity index (χ3v) is 3.25. The van der Waals surface area contributed by atoms with Gasteiger partial charge in [-0.1, -0.05) is 19.4 Å². The predicted molar refractivity (Wildman–Crippen MR) is 68.7 cm³/mol. The maximum atomic E-state index is 11.9. The molecule has 0 aromatic heterocycles. The summed E-state index contributed by atoms with van der Waals surface area (Å²) >= 11 is 0. The highest BCUT2D eigenvalue weighted by molar-refractivity contribution is 5.98. The maximum Gasteiger partial charge on any atom is 0.163 e. The van der Waals surface area contributed by atoms with Crippen LogP contribution in [0.1, 0.15) is 54.9 Å². The smallest absolute Gasteiger partial charge is 0.163 e. The first kappa shape index (κ1) is 12.2. The zero-order chi connectivity index (χ0) is 12.1. The number of aryl methyl sites for hydroxylation is 1. The summed E-state index contributed by atoms with van der Waals surface area (Å²) in [4.78, 5) is 11.9. The van der Waals surface area contributed by atoms with Gasteiger partial charge in [-0.15, -0.1) is 0 Å². The number of rotatable bonds is 4. The van der Waals surface area contributed by atoms with Crippen LogP contribution in [0.25, 0.3) is 0 Å². The summed E-state index contributed by atoms with van der Waals surface area (Å²) in [6.45, 7) is 2.88. The Kier molecular flexibility index (Phi) is 4.18. The van der Waals surface area contributed by atoms with Crippen LogP contribution in [0.5, 0.6) is 5.75 Å². The molecule has 0 N–H and O–H groups in total. The third kappa shape index (κ3) is 3.09. The van der Waals surface area contributed by atoms with Crippen molar-refractivity contribution in [3.63, 3.8) is 0 Å². The van der Waals surface area contributed by atoms with Gasteiger partial charge in [0, 0.05) is 12.0 Å². The lowest BCUT2D eigenvalue weighted by Gasteiger charge is -2.09. The van der Waals surface area contributed by atoms with Crippen LogP contribution in [0.2, 0.25) is 0 Å². The lowest BCUT2D eigenvalue weighted by Crippen LogP contribution is -2.02. The van der Waals surface area contributed by atoms with Crippen molar-refractivity contribution in [3.05, 3.63) is 29.3 Å². The molecule has 0 saturated heterocycles. The molecule has 92 valence electrons. The van der Waals surface area contributed by atoms with Crippen molar-refractivity contribution in [2.24, 2.45) is 0 Å². The Morgan fingerprint density at radius 3 is 2.88 bits per heavy atom. The number of ketones is 1. The second kappa shape index (κ2) is 5.85. The van der Waals surface area contributed by atoms with E-state index in [1.807, 2.05) is 12.1 Å². The summed E-state index contributed by atoms with van der Waals surface area (Å²) in [5.41, 5.74) is 2.08. The normalized spacial score (nSPS) is 15.2. The SMILES string of the molecule is CCCCOc1ccc2c(c1)C(=O)CCCC2. The average molecular weight is 232 g/mol. The standard InChI is InChI=1S/C15H20O2/c1-2-3-10-17-13-9-8-12-6-4-5-7-15(16)14(12)11-13/h8-9,11H,2-7,10H2,1H3. The van der Waals surface area contributed by atoms with E-state index in [1.165, 1.54) is 5.56 Å². The number of carbonyl (C=O) groups excluding carboxylic acids is 1. The first-order valence-corrected chi connectivity index (χ1v) is 6.60. The summed E-state index contributed by atoms with van der Waals surface area (Å²) < 4.78 is 5.65. The zero-order valence-electron chi connectivity index (χ0n) is 10.5. The van der Waals surface area contributed by atoms with Gasteiger partial charge in [-0.05, 0) is 43.4 Å². The number of benzene rings is 1. The Bertz CT molecular complexity index is 396. The quantitative estimate of drug-likeness (QED) is 0.583. The fourth-order valence-corrected chi connectivity index (χ4v) is 2.19. The van der Waals surface area contributed by atoms with Gasteiger partial charge in [0.1, 0.15) is 5.75 Å². The van der Waals surface area contributed by atoms with E-state index in [9.17, 15) is 4.79 Å². The summed E-state index contributed by atoms with van der Waals surface area (Å²) in [6, 6.07) is 5.98. The molecule has 0 fully saturated rings. The lowest BCUT2D eigenvalue weighted by molar-refractivity contribution is 0.0981. The molecule has 2 heteroatoms. The Morgan fingerprint density at radius 2 is 2.06 bits per heavy atom. The van der Waals surface area contributed by atoms with Crippen LogP contribution < -0.4 is 4.74 Å². The largest absolute Gasteiger partial charge is 0.494 e. The van der Waals surface area contributed by atoms with Gasteiger partial charge in [-0.25, -0.2) is 0 Å². The highest BCUT2D eigenvalue weighted by Crippen LogP contribution is 2.24. The van der Waals surface area contributed by atoms with Crippen LogP contribution in [0.15, 0.2) is 18.2 Å². The van der Waals surface area contributed by atoms with Crippen LogP contribution in [-0.4, -0.2) is 12.4 Å². The first-order valence-electron chi connectivity index (χ1n) is 6.60. The van der Waals surface area contributed by atoms with Crippen molar-refractivity contribution in [2.75, 3.05) is 6.61 Å². The number of carbonyl (C=O) groups is 1. The van der Waals surface area contributed by atoms with Crippen LogP contribution in [0.4, 0.5) is 0 Å². The molecule has 1 aliphatic rings. The molecule has 1 aromatic carbocycles. The molecular weight excluding hydrogens is 212 g/mol. The Balaban J connectivity index is 2.14.